The van der Waals surface area contributed by atoms with Crippen molar-refractivity contribution in [3.05, 3.63) is 77.8 Å². The van der Waals surface area contributed by atoms with Gasteiger partial charge in [-0.15, -0.1) is 0 Å². The molecule has 0 saturated carbocycles. The molecule has 0 aliphatic carbocycles. The number of para-hydroxylation sites is 2. The molecule has 0 amide bonds. The third-order valence-corrected chi connectivity index (χ3v) is 4.36. The van der Waals surface area contributed by atoms with E-state index < -0.39 is 0 Å². The predicted molar refractivity (Wildman–Crippen MR) is 113 cm³/mol. The van der Waals surface area contributed by atoms with Crippen molar-refractivity contribution in [2.75, 3.05) is 10.6 Å². The van der Waals surface area contributed by atoms with Gasteiger partial charge >= 0.3 is 0 Å². The van der Waals surface area contributed by atoms with E-state index in [4.69, 9.17) is 23.8 Å². The topological polar surface area (TPSA) is 52.7 Å². The molecule has 4 nitrogen and oxygen atoms in total. The fraction of sp³-hybridized carbons (Fsp3) is 0. The van der Waals surface area contributed by atoms with Crippen molar-refractivity contribution in [3.63, 3.8) is 0 Å². The fourth-order valence-corrected chi connectivity index (χ4v) is 2.99. The van der Waals surface area contributed by atoms with Gasteiger partial charge in [-0.3, -0.25) is 0 Å². The van der Waals surface area contributed by atoms with Crippen molar-refractivity contribution in [3.8, 4) is 11.4 Å². The molecule has 1 aromatic heterocycles. The van der Waals surface area contributed by atoms with Crippen molar-refractivity contribution in [1.82, 2.24) is 9.97 Å². The number of fused-ring (bicyclic) bond motifs is 1. The minimum atomic E-state index is 0.517. The van der Waals surface area contributed by atoms with Gasteiger partial charge in [-0.1, -0.05) is 23.7 Å². The molecule has 0 fully saturated rings. The molecular formula is C20H15ClN4S. The molecule has 0 aliphatic heterocycles. The third kappa shape index (κ3) is 3.69. The quantitative estimate of drug-likeness (QED) is 0.401. The summed E-state index contributed by atoms with van der Waals surface area (Å²) in [5, 5.41) is 7.50. The summed E-state index contributed by atoms with van der Waals surface area (Å²) in [4.78, 5) is 7.94. The van der Waals surface area contributed by atoms with Gasteiger partial charge in [0.15, 0.2) is 5.11 Å². The highest BCUT2D eigenvalue weighted by Gasteiger charge is 2.05. The Morgan fingerprint density at radius 1 is 0.846 bits per heavy atom. The summed E-state index contributed by atoms with van der Waals surface area (Å²) in [6, 6.07) is 23.3. The van der Waals surface area contributed by atoms with E-state index in [1.165, 1.54) is 0 Å². The molecule has 4 rings (SSSR count). The molecule has 0 bridgehead atoms. The Bertz CT molecular complexity index is 1020. The number of nitrogens with zero attached hydrogens (tertiary/aromatic N) is 1. The summed E-state index contributed by atoms with van der Waals surface area (Å²) in [5.74, 6) is 0.847. The van der Waals surface area contributed by atoms with Crippen LogP contribution in [-0.2, 0) is 0 Å². The monoisotopic (exact) mass is 378 g/mol. The first-order valence-electron chi connectivity index (χ1n) is 8.06. The number of H-pyrrole nitrogens is 1. The van der Waals surface area contributed by atoms with Crippen molar-refractivity contribution in [2.24, 2.45) is 0 Å². The maximum absolute atomic E-state index is 5.89. The average Bonchev–Trinajstić information content (AvgIpc) is 3.08. The number of rotatable bonds is 3. The van der Waals surface area contributed by atoms with Gasteiger partial charge in [-0.2, -0.15) is 0 Å². The summed E-state index contributed by atoms with van der Waals surface area (Å²) in [6.07, 6.45) is 0. The Morgan fingerprint density at radius 2 is 1.46 bits per heavy atom. The zero-order valence-corrected chi connectivity index (χ0v) is 15.2. The molecule has 0 unspecified atom stereocenters. The van der Waals surface area contributed by atoms with E-state index in [-0.39, 0.29) is 0 Å². The molecule has 26 heavy (non-hydrogen) atoms. The molecule has 0 atom stereocenters. The van der Waals surface area contributed by atoms with Crippen LogP contribution in [0.4, 0.5) is 11.4 Å². The zero-order chi connectivity index (χ0) is 17.9. The lowest BCUT2D eigenvalue weighted by Gasteiger charge is -2.11. The molecule has 3 aromatic carbocycles. The molecule has 128 valence electrons. The molecule has 4 aromatic rings. The van der Waals surface area contributed by atoms with Gasteiger partial charge in [-0.25, -0.2) is 4.98 Å². The number of aromatic amines is 1. The van der Waals surface area contributed by atoms with E-state index in [0.29, 0.717) is 10.1 Å². The third-order valence-electron chi connectivity index (χ3n) is 3.91. The van der Waals surface area contributed by atoms with Crippen LogP contribution in [0.15, 0.2) is 72.8 Å². The number of hydrogen-bond acceptors (Lipinski definition) is 2. The summed E-state index contributed by atoms with van der Waals surface area (Å²) in [6.45, 7) is 0. The van der Waals surface area contributed by atoms with Gasteiger partial charge in [0.2, 0.25) is 0 Å². The molecule has 0 spiro atoms. The lowest BCUT2D eigenvalue weighted by atomic mass is 10.2. The van der Waals surface area contributed by atoms with Crippen LogP contribution in [0.2, 0.25) is 5.02 Å². The number of nitrogens with one attached hydrogen (secondary N) is 3. The van der Waals surface area contributed by atoms with Gasteiger partial charge in [0.1, 0.15) is 5.82 Å². The summed E-state index contributed by atoms with van der Waals surface area (Å²) < 4.78 is 0. The SMILES string of the molecule is S=C(Nc1ccc(Cl)cc1)Nc1ccc(-c2nc3ccccc3[nH]2)cc1. The van der Waals surface area contributed by atoms with Crippen LogP contribution < -0.4 is 10.6 Å². The van der Waals surface area contributed by atoms with Crippen molar-refractivity contribution in [1.29, 1.82) is 0 Å². The van der Waals surface area contributed by atoms with E-state index in [0.717, 1.165) is 33.8 Å². The van der Waals surface area contributed by atoms with Crippen molar-refractivity contribution >= 4 is 51.3 Å². The number of aromatic nitrogens is 2. The molecule has 6 heteroatoms. The second-order valence-corrected chi connectivity index (χ2v) is 6.61. The van der Waals surface area contributed by atoms with Crippen LogP contribution >= 0.6 is 23.8 Å². The highest BCUT2D eigenvalue weighted by Crippen LogP contribution is 2.22. The first-order valence-corrected chi connectivity index (χ1v) is 8.85. The molecule has 0 saturated heterocycles. The summed E-state index contributed by atoms with van der Waals surface area (Å²) >= 11 is 11.2. The van der Waals surface area contributed by atoms with Gasteiger partial charge in [-0.05, 0) is 72.9 Å². The van der Waals surface area contributed by atoms with Crippen LogP contribution in [0.1, 0.15) is 0 Å². The molecule has 3 N–H and O–H groups in total. The van der Waals surface area contributed by atoms with Crippen LogP contribution in [0, 0.1) is 0 Å². The van der Waals surface area contributed by atoms with Gasteiger partial charge in [0, 0.05) is 22.0 Å². The number of benzene rings is 3. The number of thiocarbonyl (C=S) groups is 1. The average molecular weight is 379 g/mol. The highest BCUT2D eigenvalue weighted by atomic mass is 35.5. The maximum atomic E-state index is 5.89. The Morgan fingerprint density at radius 3 is 2.12 bits per heavy atom. The number of anilines is 2. The fourth-order valence-electron chi connectivity index (χ4n) is 2.63. The van der Waals surface area contributed by atoms with Gasteiger partial charge in [0.25, 0.3) is 0 Å². The maximum Gasteiger partial charge on any atom is 0.175 e. The van der Waals surface area contributed by atoms with Crippen LogP contribution in [0.5, 0.6) is 0 Å². The van der Waals surface area contributed by atoms with Crippen LogP contribution in [-0.4, -0.2) is 15.1 Å². The molecule has 0 aliphatic rings. The second kappa shape index (κ2) is 7.15. The van der Waals surface area contributed by atoms with Crippen LogP contribution in [0.25, 0.3) is 22.4 Å². The predicted octanol–water partition coefficient (Wildman–Crippen LogP) is 5.69. The smallest absolute Gasteiger partial charge is 0.175 e. The summed E-state index contributed by atoms with van der Waals surface area (Å²) in [5.41, 5.74) is 4.78. The first-order chi connectivity index (χ1) is 12.7. The molecule has 1 heterocycles. The minimum Gasteiger partial charge on any atom is -0.338 e. The first kappa shape index (κ1) is 16.6. The largest absolute Gasteiger partial charge is 0.338 e. The van der Waals surface area contributed by atoms with Gasteiger partial charge < -0.3 is 15.6 Å². The lowest BCUT2D eigenvalue weighted by Crippen LogP contribution is -2.18. The minimum absolute atomic E-state index is 0.517. The highest BCUT2D eigenvalue weighted by molar-refractivity contribution is 7.80. The standard InChI is InChI=1S/C20H15ClN4S/c21-14-7-11-16(12-8-14)23-20(26)22-15-9-5-13(6-10-15)19-24-17-3-1-2-4-18(17)25-19/h1-12H,(H,24,25)(H2,22,23,26). The Labute approximate surface area is 161 Å². The van der Waals surface area contributed by atoms with E-state index in [2.05, 4.69) is 20.6 Å². The lowest BCUT2D eigenvalue weighted by molar-refractivity contribution is 1.34. The second-order valence-electron chi connectivity index (χ2n) is 5.77. The summed E-state index contributed by atoms with van der Waals surface area (Å²) in [7, 11) is 0. The van der Waals surface area contributed by atoms with E-state index in [1.54, 1.807) is 0 Å². The zero-order valence-electron chi connectivity index (χ0n) is 13.7. The van der Waals surface area contributed by atoms with Crippen molar-refractivity contribution < 1.29 is 0 Å². The number of halogens is 1. The van der Waals surface area contributed by atoms with E-state index in [1.807, 2.05) is 72.8 Å². The number of imidazole rings is 1. The Kier molecular flexibility index (Phi) is 4.56. The van der Waals surface area contributed by atoms with Gasteiger partial charge in [0.05, 0.1) is 11.0 Å². The van der Waals surface area contributed by atoms with E-state index >= 15 is 0 Å². The van der Waals surface area contributed by atoms with Crippen molar-refractivity contribution in [2.45, 2.75) is 0 Å². The Balaban J connectivity index is 1.45. The van der Waals surface area contributed by atoms with E-state index in [9.17, 15) is 0 Å². The normalized spacial score (nSPS) is 10.7. The Hall–Kier alpha value is -2.89. The number of hydrogen-bond donors (Lipinski definition) is 3. The molecular weight excluding hydrogens is 364 g/mol. The van der Waals surface area contributed by atoms with Crippen LogP contribution in [0.3, 0.4) is 0 Å². The molecule has 0 radical (unpaired) electrons.